The molecule has 0 aromatic carbocycles. The molecule has 0 saturated heterocycles. The van der Waals surface area contributed by atoms with Crippen molar-refractivity contribution in [2.45, 2.75) is 17.8 Å². The molecule has 2 N–H and O–H groups in total. The van der Waals surface area contributed by atoms with Crippen LogP contribution < -0.4 is 11.0 Å². The van der Waals surface area contributed by atoms with Crippen molar-refractivity contribution in [3.8, 4) is 0 Å². The number of nitrogens with zero attached hydrogens (tertiary/aromatic N) is 3. The van der Waals surface area contributed by atoms with E-state index in [1.54, 1.807) is 7.05 Å². The highest BCUT2D eigenvalue weighted by atomic mass is 35.5. The fourth-order valence-electron chi connectivity index (χ4n) is 1.46. The van der Waals surface area contributed by atoms with Gasteiger partial charge >= 0.3 is 5.69 Å². The zero-order valence-corrected chi connectivity index (χ0v) is 12.2. The van der Waals surface area contributed by atoms with E-state index < -0.39 is 0 Å². The molecule has 0 aliphatic carbocycles. The molecule has 0 aliphatic heterocycles. The van der Waals surface area contributed by atoms with Crippen LogP contribution in [0.5, 0.6) is 0 Å². The molecule has 0 radical (unpaired) electrons. The Kier molecular flexibility index (Phi) is 4.49. The number of aromatic nitrogens is 4. The number of H-pyrrole nitrogens is 1. The van der Waals surface area contributed by atoms with Crippen LogP contribution in [-0.4, -0.2) is 26.3 Å². The minimum Gasteiger partial charge on any atom is -0.370 e. The Labute approximate surface area is 119 Å². The van der Waals surface area contributed by atoms with Gasteiger partial charge in [-0.15, -0.1) is 5.10 Å². The van der Waals surface area contributed by atoms with Gasteiger partial charge in [-0.2, -0.15) is 0 Å². The molecule has 8 heteroatoms. The lowest BCUT2D eigenvalue weighted by molar-refractivity contribution is 0.765. The minimum atomic E-state index is -0.233. The van der Waals surface area contributed by atoms with Crippen molar-refractivity contribution in [2.24, 2.45) is 7.05 Å². The van der Waals surface area contributed by atoms with E-state index in [1.807, 2.05) is 19.1 Å². The summed E-state index contributed by atoms with van der Waals surface area (Å²) >= 11 is 7.52. The summed E-state index contributed by atoms with van der Waals surface area (Å²) in [6.45, 7) is 2.80. The summed E-state index contributed by atoms with van der Waals surface area (Å²) in [5.74, 6) is 1.34. The first kappa shape index (κ1) is 14.0. The van der Waals surface area contributed by atoms with Crippen LogP contribution >= 0.6 is 23.4 Å². The fraction of sp³-hybridized carbons (Fsp3) is 0.364. The Balaban J connectivity index is 2.12. The zero-order chi connectivity index (χ0) is 13.8. The molecule has 6 nitrogen and oxygen atoms in total. The fourth-order valence-corrected chi connectivity index (χ4v) is 2.58. The highest BCUT2D eigenvalue weighted by Crippen LogP contribution is 2.24. The second-order valence-electron chi connectivity index (χ2n) is 3.81. The van der Waals surface area contributed by atoms with Crippen molar-refractivity contribution < 1.29 is 0 Å². The van der Waals surface area contributed by atoms with Gasteiger partial charge in [-0.1, -0.05) is 23.4 Å². The number of halogens is 1. The molecule has 102 valence electrons. The first-order valence-corrected chi connectivity index (χ1v) is 7.11. The standard InChI is InChI=1S/C11H14ClN5OS/c1-3-13-9-5-4-7(12)8(14-9)6-19-11-16-15-10(18)17(11)2/h4-5H,3,6H2,1-2H3,(H,13,14)(H,15,18). The first-order valence-electron chi connectivity index (χ1n) is 5.75. The molecule has 0 fully saturated rings. The van der Waals surface area contributed by atoms with Crippen molar-refractivity contribution >= 4 is 29.2 Å². The van der Waals surface area contributed by atoms with Crippen molar-refractivity contribution in [1.82, 2.24) is 19.7 Å². The molecule has 2 heterocycles. The third kappa shape index (κ3) is 3.30. The monoisotopic (exact) mass is 299 g/mol. The van der Waals surface area contributed by atoms with Crippen LogP contribution in [0.3, 0.4) is 0 Å². The number of hydrogen-bond acceptors (Lipinski definition) is 5. The van der Waals surface area contributed by atoms with Crippen LogP contribution in [0.4, 0.5) is 5.82 Å². The van der Waals surface area contributed by atoms with E-state index in [-0.39, 0.29) is 5.69 Å². The quantitative estimate of drug-likeness (QED) is 0.825. The molecule has 0 saturated carbocycles. The van der Waals surface area contributed by atoms with Crippen LogP contribution in [0, 0.1) is 0 Å². The predicted molar refractivity (Wildman–Crippen MR) is 76.8 cm³/mol. The predicted octanol–water partition coefficient (Wildman–Crippen LogP) is 1.88. The highest BCUT2D eigenvalue weighted by molar-refractivity contribution is 7.98. The summed E-state index contributed by atoms with van der Waals surface area (Å²) < 4.78 is 1.45. The maximum Gasteiger partial charge on any atom is 0.343 e. The Morgan fingerprint density at radius 3 is 2.95 bits per heavy atom. The minimum absolute atomic E-state index is 0.233. The molecule has 2 aromatic heterocycles. The summed E-state index contributed by atoms with van der Waals surface area (Å²) in [5, 5.41) is 10.7. The van der Waals surface area contributed by atoms with Crippen LogP contribution in [-0.2, 0) is 12.8 Å². The number of nitrogens with one attached hydrogen (secondary N) is 2. The van der Waals surface area contributed by atoms with E-state index in [4.69, 9.17) is 11.6 Å². The van der Waals surface area contributed by atoms with Gasteiger partial charge in [0.2, 0.25) is 0 Å². The van der Waals surface area contributed by atoms with Crippen LogP contribution in [0.25, 0.3) is 0 Å². The van der Waals surface area contributed by atoms with E-state index in [0.717, 1.165) is 18.1 Å². The molecule has 0 amide bonds. The largest absolute Gasteiger partial charge is 0.370 e. The van der Waals surface area contributed by atoms with Crippen LogP contribution in [0.2, 0.25) is 5.02 Å². The Hall–Kier alpha value is -1.47. The molecular weight excluding hydrogens is 286 g/mol. The van der Waals surface area contributed by atoms with E-state index in [9.17, 15) is 4.79 Å². The summed E-state index contributed by atoms with van der Waals surface area (Å²) in [7, 11) is 1.66. The second-order valence-corrected chi connectivity index (χ2v) is 5.16. The Morgan fingerprint density at radius 1 is 1.53 bits per heavy atom. The normalized spacial score (nSPS) is 10.7. The second kappa shape index (κ2) is 6.12. The van der Waals surface area contributed by atoms with Gasteiger partial charge in [0.05, 0.1) is 10.7 Å². The third-order valence-corrected chi connectivity index (χ3v) is 3.84. The van der Waals surface area contributed by atoms with E-state index in [0.29, 0.717) is 15.9 Å². The first-order chi connectivity index (χ1) is 9.11. The molecule has 2 rings (SSSR count). The van der Waals surface area contributed by atoms with E-state index in [1.165, 1.54) is 16.3 Å². The molecule has 0 spiro atoms. The number of pyridine rings is 1. The number of anilines is 1. The van der Waals surface area contributed by atoms with Crippen LogP contribution in [0.15, 0.2) is 22.1 Å². The maximum atomic E-state index is 11.2. The molecule has 0 unspecified atom stereocenters. The van der Waals surface area contributed by atoms with Crippen molar-refractivity contribution in [3.05, 3.63) is 33.3 Å². The van der Waals surface area contributed by atoms with Gasteiger partial charge in [0.25, 0.3) is 0 Å². The number of rotatable bonds is 5. The topological polar surface area (TPSA) is 75.6 Å². The van der Waals surface area contributed by atoms with Crippen molar-refractivity contribution in [1.29, 1.82) is 0 Å². The molecular formula is C11H14ClN5OS. The Morgan fingerprint density at radius 2 is 2.32 bits per heavy atom. The average Bonchev–Trinajstić information content (AvgIpc) is 2.71. The molecule has 0 atom stereocenters. The lowest BCUT2D eigenvalue weighted by Crippen LogP contribution is -2.12. The lowest BCUT2D eigenvalue weighted by atomic mass is 10.3. The number of thioether (sulfide) groups is 1. The lowest BCUT2D eigenvalue weighted by Gasteiger charge is -2.07. The van der Waals surface area contributed by atoms with Gasteiger partial charge in [-0.05, 0) is 19.1 Å². The van der Waals surface area contributed by atoms with Gasteiger partial charge in [-0.3, -0.25) is 4.57 Å². The summed E-state index contributed by atoms with van der Waals surface area (Å²) in [6, 6.07) is 3.65. The Bertz CT molecular complexity index is 624. The van der Waals surface area contributed by atoms with Crippen molar-refractivity contribution in [2.75, 3.05) is 11.9 Å². The molecule has 19 heavy (non-hydrogen) atoms. The molecule has 2 aromatic rings. The summed E-state index contributed by atoms with van der Waals surface area (Å²) in [4.78, 5) is 15.7. The molecule has 0 bridgehead atoms. The SMILES string of the molecule is CCNc1ccc(Cl)c(CSc2n[nH]c(=O)n2C)n1. The van der Waals surface area contributed by atoms with Crippen molar-refractivity contribution in [3.63, 3.8) is 0 Å². The zero-order valence-electron chi connectivity index (χ0n) is 10.6. The van der Waals surface area contributed by atoms with E-state index in [2.05, 4.69) is 20.5 Å². The van der Waals surface area contributed by atoms with Gasteiger partial charge in [-0.25, -0.2) is 14.9 Å². The third-order valence-electron chi connectivity index (χ3n) is 2.45. The summed E-state index contributed by atoms with van der Waals surface area (Å²) in [6.07, 6.45) is 0. The van der Waals surface area contributed by atoms with E-state index >= 15 is 0 Å². The average molecular weight is 300 g/mol. The smallest absolute Gasteiger partial charge is 0.343 e. The van der Waals surface area contributed by atoms with Crippen LogP contribution in [0.1, 0.15) is 12.6 Å². The van der Waals surface area contributed by atoms with Gasteiger partial charge in [0.15, 0.2) is 5.16 Å². The maximum absolute atomic E-state index is 11.2. The highest BCUT2D eigenvalue weighted by Gasteiger charge is 2.09. The summed E-state index contributed by atoms with van der Waals surface area (Å²) in [5.41, 5.74) is 0.531. The number of aromatic amines is 1. The van der Waals surface area contributed by atoms with Gasteiger partial charge in [0, 0.05) is 19.3 Å². The number of hydrogen-bond donors (Lipinski definition) is 2. The van der Waals surface area contributed by atoms with Gasteiger partial charge < -0.3 is 5.32 Å². The molecule has 0 aliphatic rings. The van der Waals surface area contributed by atoms with Gasteiger partial charge in [0.1, 0.15) is 5.82 Å².